The number of non-ortho nitro benzene ring substituents is 1. The van der Waals surface area contributed by atoms with E-state index in [-0.39, 0.29) is 17.9 Å². The molecule has 25 heavy (non-hydrogen) atoms. The number of carbonyl (C=O) groups is 1. The molecule has 3 rings (SSSR count). The van der Waals surface area contributed by atoms with Gasteiger partial charge in [0.05, 0.1) is 30.2 Å². The summed E-state index contributed by atoms with van der Waals surface area (Å²) < 4.78 is 13.1. The molecule has 1 aromatic heterocycles. The summed E-state index contributed by atoms with van der Waals surface area (Å²) >= 11 is 1.00. The second kappa shape index (κ2) is 6.81. The number of aromatic nitrogens is 2. The van der Waals surface area contributed by atoms with Crippen LogP contribution in [0, 0.1) is 10.1 Å². The largest absolute Gasteiger partial charge is 0.508 e. The highest BCUT2D eigenvalue weighted by Crippen LogP contribution is 2.39. The van der Waals surface area contributed by atoms with Crippen LogP contribution in [0.15, 0.2) is 36.4 Å². The molecule has 3 aromatic rings. The second-order valence-corrected chi connectivity index (χ2v) is 5.84. The Morgan fingerprint density at radius 1 is 1.28 bits per heavy atom. The number of phenols is 1. The van der Waals surface area contributed by atoms with Gasteiger partial charge < -0.3 is 9.84 Å². The Labute approximate surface area is 146 Å². The molecule has 0 aliphatic rings. The number of benzene rings is 2. The number of nitro benzene ring substituents is 1. The van der Waals surface area contributed by atoms with Crippen LogP contribution in [0.2, 0.25) is 0 Å². The number of aromatic hydroxyl groups is 1. The maximum Gasteiger partial charge on any atom is 0.306 e. The van der Waals surface area contributed by atoms with Gasteiger partial charge in [0.1, 0.15) is 16.8 Å². The lowest BCUT2D eigenvalue weighted by Crippen LogP contribution is -2.11. The van der Waals surface area contributed by atoms with Gasteiger partial charge in [0.25, 0.3) is 5.69 Å². The molecule has 8 nitrogen and oxygen atoms in total. The zero-order chi connectivity index (χ0) is 18.0. The number of hydrogen-bond donors (Lipinski definition) is 1. The highest BCUT2D eigenvalue weighted by molar-refractivity contribution is 7.00. The molecule has 128 valence electrons. The quantitative estimate of drug-likeness (QED) is 0.423. The molecular weight excluding hydrogens is 346 g/mol. The van der Waals surface area contributed by atoms with Crippen LogP contribution in [-0.4, -0.2) is 31.9 Å². The molecule has 0 amide bonds. The minimum atomic E-state index is -0.569. The molecule has 0 radical (unpaired) electrons. The summed E-state index contributed by atoms with van der Waals surface area (Å²) in [5.41, 5.74) is 2.13. The molecule has 0 spiro atoms. The molecule has 1 heterocycles. The van der Waals surface area contributed by atoms with Gasteiger partial charge in [-0.05, 0) is 17.7 Å². The monoisotopic (exact) mass is 359 g/mol. The van der Waals surface area contributed by atoms with Gasteiger partial charge in [-0.25, -0.2) is 0 Å². The van der Waals surface area contributed by atoms with Crippen molar-refractivity contribution in [1.29, 1.82) is 0 Å². The van der Waals surface area contributed by atoms with Crippen LogP contribution in [0.1, 0.15) is 23.5 Å². The zero-order valence-corrected chi connectivity index (χ0v) is 13.9. The molecule has 0 fully saturated rings. The molecule has 0 unspecified atom stereocenters. The maximum atomic E-state index is 11.9. The number of esters is 1. The Hall–Kier alpha value is -3.07. The van der Waals surface area contributed by atoms with Gasteiger partial charge in [0.2, 0.25) is 0 Å². The number of methoxy groups -OCH3 is 1. The lowest BCUT2D eigenvalue weighted by molar-refractivity contribution is -0.384. The van der Waals surface area contributed by atoms with Crippen molar-refractivity contribution in [2.75, 3.05) is 7.11 Å². The van der Waals surface area contributed by atoms with Crippen LogP contribution in [0.5, 0.6) is 5.75 Å². The van der Waals surface area contributed by atoms with Crippen molar-refractivity contribution in [2.45, 2.75) is 12.3 Å². The SMILES string of the molecule is COC(=O)C[C@@H](c1ccc([N+](=O)[O-])cc1)c1c(O)ccc2nsnc12. The summed E-state index contributed by atoms with van der Waals surface area (Å²) in [6, 6.07) is 8.97. The van der Waals surface area contributed by atoms with Crippen molar-refractivity contribution >= 4 is 34.4 Å². The smallest absolute Gasteiger partial charge is 0.306 e. The number of hydrogen-bond acceptors (Lipinski definition) is 8. The molecule has 1 atom stereocenters. The first-order valence-corrected chi connectivity index (χ1v) is 7.99. The second-order valence-electron chi connectivity index (χ2n) is 5.31. The Morgan fingerprint density at radius 3 is 2.64 bits per heavy atom. The van der Waals surface area contributed by atoms with Crippen LogP contribution in [0.25, 0.3) is 11.0 Å². The third-order valence-electron chi connectivity index (χ3n) is 3.90. The van der Waals surface area contributed by atoms with E-state index in [4.69, 9.17) is 4.74 Å². The average molecular weight is 359 g/mol. The fourth-order valence-electron chi connectivity index (χ4n) is 2.67. The van der Waals surface area contributed by atoms with Gasteiger partial charge in [0.15, 0.2) is 0 Å². The summed E-state index contributed by atoms with van der Waals surface area (Å²) in [6.45, 7) is 0. The predicted octanol–water partition coefficient (Wildman–Crippen LogP) is 3.00. The van der Waals surface area contributed by atoms with E-state index in [9.17, 15) is 20.0 Å². The highest BCUT2D eigenvalue weighted by atomic mass is 32.1. The summed E-state index contributed by atoms with van der Waals surface area (Å²) in [7, 11) is 1.28. The third-order valence-corrected chi connectivity index (χ3v) is 4.44. The van der Waals surface area contributed by atoms with Crippen molar-refractivity contribution in [2.24, 2.45) is 0 Å². The Kier molecular flexibility index (Phi) is 4.57. The minimum absolute atomic E-state index is 0.0209. The minimum Gasteiger partial charge on any atom is -0.508 e. The van der Waals surface area contributed by atoms with Gasteiger partial charge in [-0.2, -0.15) is 8.75 Å². The predicted molar refractivity (Wildman–Crippen MR) is 90.7 cm³/mol. The van der Waals surface area contributed by atoms with Crippen molar-refractivity contribution < 1.29 is 19.6 Å². The molecule has 1 N–H and O–H groups in total. The summed E-state index contributed by atoms with van der Waals surface area (Å²) in [4.78, 5) is 22.2. The van der Waals surface area contributed by atoms with Crippen LogP contribution in [0.3, 0.4) is 0 Å². The third kappa shape index (κ3) is 3.26. The average Bonchev–Trinajstić information content (AvgIpc) is 3.08. The van der Waals surface area contributed by atoms with Gasteiger partial charge in [-0.1, -0.05) is 12.1 Å². The lowest BCUT2D eigenvalue weighted by atomic mass is 9.87. The topological polar surface area (TPSA) is 115 Å². The first kappa shape index (κ1) is 16.8. The van der Waals surface area contributed by atoms with E-state index >= 15 is 0 Å². The fourth-order valence-corrected chi connectivity index (χ4v) is 3.22. The van der Waals surface area contributed by atoms with E-state index in [2.05, 4.69) is 8.75 Å². The number of rotatable bonds is 5. The van der Waals surface area contributed by atoms with E-state index in [1.54, 1.807) is 18.2 Å². The highest BCUT2D eigenvalue weighted by Gasteiger charge is 2.26. The number of ether oxygens (including phenoxy) is 1. The Morgan fingerprint density at radius 2 is 2.00 bits per heavy atom. The number of phenolic OH excluding ortho intramolecular Hbond substituents is 1. The number of carbonyl (C=O) groups excluding carboxylic acids is 1. The molecular formula is C16H13N3O5S. The molecule has 0 aliphatic heterocycles. The Bertz CT molecular complexity index is 939. The van der Waals surface area contributed by atoms with E-state index < -0.39 is 16.8 Å². The van der Waals surface area contributed by atoms with E-state index in [1.807, 2.05) is 0 Å². The maximum absolute atomic E-state index is 11.9. The van der Waals surface area contributed by atoms with E-state index in [1.165, 1.54) is 25.3 Å². The summed E-state index contributed by atoms with van der Waals surface area (Å²) in [5, 5.41) is 21.2. The fraction of sp³-hybridized carbons (Fsp3) is 0.188. The summed E-state index contributed by atoms with van der Waals surface area (Å²) in [5.74, 6) is -1.06. The molecule has 2 aromatic carbocycles. The first-order valence-electron chi connectivity index (χ1n) is 7.26. The van der Waals surface area contributed by atoms with Crippen molar-refractivity contribution in [3.05, 3.63) is 57.6 Å². The number of fused-ring (bicyclic) bond motifs is 1. The van der Waals surface area contributed by atoms with Crippen molar-refractivity contribution in [3.8, 4) is 5.75 Å². The molecule has 0 saturated carbocycles. The van der Waals surface area contributed by atoms with Crippen LogP contribution in [0.4, 0.5) is 5.69 Å². The van der Waals surface area contributed by atoms with E-state index in [0.29, 0.717) is 22.2 Å². The number of nitrogens with zero attached hydrogens (tertiary/aromatic N) is 3. The van der Waals surface area contributed by atoms with Gasteiger partial charge in [-0.3, -0.25) is 14.9 Å². The normalized spacial score (nSPS) is 12.0. The van der Waals surface area contributed by atoms with Crippen LogP contribution < -0.4 is 0 Å². The van der Waals surface area contributed by atoms with Gasteiger partial charge in [-0.15, -0.1) is 0 Å². The molecule has 9 heteroatoms. The molecule has 0 saturated heterocycles. The van der Waals surface area contributed by atoms with Crippen LogP contribution >= 0.6 is 11.7 Å². The first-order chi connectivity index (χ1) is 12.0. The van der Waals surface area contributed by atoms with Crippen LogP contribution in [-0.2, 0) is 9.53 Å². The van der Waals surface area contributed by atoms with E-state index in [0.717, 1.165) is 11.7 Å². The lowest BCUT2D eigenvalue weighted by Gasteiger charge is -2.18. The van der Waals surface area contributed by atoms with Crippen molar-refractivity contribution in [3.63, 3.8) is 0 Å². The molecule has 0 bridgehead atoms. The molecule has 0 aliphatic carbocycles. The standard InChI is InChI=1S/C16H13N3O5S/c1-24-14(21)8-11(9-2-4-10(5-3-9)19(22)23)15-13(20)7-6-12-16(15)18-25-17-12/h2-7,11,20H,8H2,1H3/t11-/m0/s1. The number of nitro groups is 1. The van der Waals surface area contributed by atoms with Crippen molar-refractivity contribution in [1.82, 2.24) is 8.75 Å². The Balaban J connectivity index is 2.14. The zero-order valence-electron chi connectivity index (χ0n) is 13.1. The van der Waals surface area contributed by atoms with Gasteiger partial charge >= 0.3 is 5.97 Å². The van der Waals surface area contributed by atoms with Gasteiger partial charge in [0, 0.05) is 23.6 Å². The summed E-state index contributed by atoms with van der Waals surface area (Å²) in [6.07, 6.45) is -0.0431.